The number of benzene rings is 3. The van der Waals surface area contributed by atoms with Gasteiger partial charge in [0.05, 0.1) is 10.6 Å². The Morgan fingerprint density at radius 1 is 0.857 bits per heavy atom. The number of para-hydroxylation sites is 1. The number of rotatable bonds is 7. The van der Waals surface area contributed by atoms with Crippen LogP contribution in [0.3, 0.4) is 0 Å². The molecule has 0 saturated carbocycles. The minimum Gasteiger partial charge on any atom is -0.481 e. The third-order valence-corrected chi connectivity index (χ3v) is 5.26. The van der Waals surface area contributed by atoms with E-state index in [4.69, 9.17) is 4.74 Å². The fourth-order valence-corrected chi connectivity index (χ4v) is 3.55. The van der Waals surface area contributed by atoms with Crippen LogP contribution >= 0.6 is 0 Å². The van der Waals surface area contributed by atoms with E-state index in [0.29, 0.717) is 17.1 Å². The first-order chi connectivity index (χ1) is 13.4. The number of nitrogens with one attached hydrogen (secondary N) is 2. The van der Waals surface area contributed by atoms with Crippen molar-refractivity contribution in [2.45, 2.75) is 17.9 Å². The number of sulfonamides is 1. The van der Waals surface area contributed by atoms with E-state index >= 15 is 0 Å². The lowest BCUT2D eigenvalue weighted by molar-refractivity contribution is -0.122. The van der Waals surface area contributed by atoms with E-state index in [9.17, 15) is 13.2 Å². The third kappa shape index (κ3) is 5.11. The first-order valence-electron chi connectivity index (χ1n) is 8.64. The van der Waals surface area contributed by atoms with Crippen molar-refractivity contribution < 1.29 is 17.9 Å². The van der Waals surface area contributed by atoms with Crippen LogP contribution in [0.25, 0.3) is 0 Å². The van der Waals surface area contributed by atoms with Crippen molar-refractivity contribution in [2.24, 2.45) is 0 Å². The van der Waals surface area contributed by atoms with Crippen LogP contribution in [0.4, 0.5) is 11.4 Å². The van der Waals surface area contributed by atoms with Crippen molar-refractivity contribution in [3.8, 4) is 5.75 Å². The molecule has 3 aromatic rings. The highest BCUT2D eigenvalue weighted by atomic mass is 32.2. The Labute approximate surface area is 164 Å². The Balaban J connectivity index is 1.67. The van der Waals surface area contributed by atoms with Crippen LogP contribution in [0.5, 0.6) is 5.75 Å². The van der Waals surface area contributed by atoms with Crippen LogP contribution in [-0.4, -0.2) is 20.4 Å². The van der Waals surface area contributed by atoms with Gasteiger partial charge in [0.25, 0.3) is 15.9 Å². The van der Waals surface area contributed by atoms with E-state index < -0.39 is 16.1 Å². The van der Waals surface area contributed by atoms with Crippen molar-refractivity contribution in [3.63, 3.8) is 0 Å². The molecule has 0 bridgehead atoms. The van der Waals surface area contributed by atoms with Crippen LogP contribution < -0.4 is 14.8 Å². The van der Waals surface area contributed by atoms with Gasteiger partial charge in [-0.1, -0.05) is 42.5 Å². The highest BCUT2D eigenvalue weighted by Crippen LogP contribution is 2.20. The molecule has 0 radical (unpaired) electrons. The second-order valence-corrected chi connectivity index (χ2v) is 7.74. The molecule has 1 atom stereocenters. The summed E-state index contributed by atoms with van der Waals surface area (Å²) in [5.41, 5.74) is 0.806. The largest absolute Gasteiger partial charge is 0.481 e. The van der Waals surface area contributed by atoms with Crippen molar-refractivity contribution in [2.75, 3.05) is 10.0 Å². The molecular weight excluding hydrogens is 376 g/mol. The lowest BCUT2D eigenvalue weighted by Crippen LogP contribution is -2.30. The predicted octanol–water partition coefficient (Wildman–Crippen LogP) is 3.89. The van der Waals surface area contributed by atoms with Crippen LogP contribution in [0.1, 0.15) is 6.92 Å². The van der Waals surface area contributed by atoms with Crippen LogP contribution in [-0.2, 0) is 14.8 Å². The number of amides is 1. The van der Waals surface area contributed by atoms with Gasteiger partial charge in [-0.15, -0.1) is 0 Å². The maximum Gasteiger partial charge on any atom is 0.265 e. The van der Waals surface area contributed by atoms with Gasteiger partial charge >= 0.3 is 0 Å². The Kier molecular flexibility index (Phi) is 5.96. The van der Waals surface area contributed by atoms with Crippen molar-refractivity contribution in [3.05, 3.63) is 84.9 Å². The van der Waals surface area contributed by atoms with E-state index in [-0.39, 0.29) is 10.8 Å². The number of ether oxygens (including phenoxy) is 1. The number of anilines is 2. The van der Waals surface area contributed by atoms with Gasteiger partial charge in [-0.2, -0.15) is 0 Å². The van der Waals surface area contributed by atoms with Crippen LogP contribution in [0, 0.1) is 0 Å². The summed E-state index contributed by atoms with van der Waals surface area (Å²) in [5, 5.41) is 2.73. The van der Waals surface area contributed by atoms with Gasteiger partial charge in [0, 0.05) is 5.69 Å². The summed E-state index contributed by atoms with van der Waals surface area (Å²) in [7, 11) is -3.70. The molecular formula is C21H20N2O4S. The summed E-state index contributed by atoms with van der Waals surface area (Å²) in [5.74, 6) is 0.251. The number of hydrogen-bond acceptors (Lipinski definition) is 4. The highest BCUT2D eigenvalue weighted by Gasteiger charge is 2.16. The SMILES string of the molecule is CC(Oc1ccccc1)C(=O)Nc1cccc(NS(=O)(=O)c2ccccc2)c1. The maximum absolute atomic E-state index is 12.4. The molecule has 144 valence electrons. The Morgan fingerprint density at radius 2 is 1.46 bits per heavy atom. The molecule has 6 nitrogen and oxygen atoms in total. The molecule has 28 heavy (non-hydrogen) atoms. The molecule has 1 unspecified atom stereocenters. The van der Waals surface area contributed by atoms with Gasteiger partial charge in [-0.3, -0.25) is 9.52 Å². The number of carbonyl (C=O) groups excluding carboxylic acids is 1. The molecule has 1 amide bonds. The molecule has 0 heterocycles. The standard InChI is InChI=1S/C21H20N2O4S/c1-16(27-19-11-4-2-5-12-19)21(24)22-17-9-8-10-18(15-17)23-28(25,26)20-13-6-3-7-14-20/h2-16,23H,1H3,(H,22,24). The minimum atomic E-state index is -3.70. The molecule has 0 aliphatic heterocycles. The molecule has 3 rings (SSSR count). The normalized spacial score (nSPS) is 12.0. The van der Waals surface area contributed by atoms with E-state index in [2.05, 4.69) is 10.0 Å². The zero-order valence-corrected chi connectivity index (χ0v) is 16.0. The van der Waals surface area contributed by atoms with Gasteiger partial charge < -0.3 is 10.1 Å². The van der Waals surface area contributed by atoms with Gasteiger partial charge in [-0.05, 0) is 49.4 Å². The Hall–Kier alpha value is -3.32. The number of carbonyl (C=O) groups is 1. The molecule has 2 N–H and O–H groups in total. The first kappa shape index (κ1) is 19.4. The van der Waals surface area contributed by atoms with Crippen molar-refractivity contribution in [1.29, 1.82) is 0 Å². The van der Waals surface area contributed by atoms with E-state index in [1.54, 1.807) is 61.5 Å². The summed E-state index contributed by atoms with van der Waals surface area (Å²) < 4.78 is 33.0. The zero-order valence-electron chi connectivity index (χ0n) is 15.2. The zero-order chi connectivity index (χ0) is 20.0. The molecule has 3 aromatic carbocycles. The Morgan fingerprint density at radius 3 is 2.14 bits per heavy atom. The van der Waals surface area contributed by atoms with Gasteiger partial charge in [0.2, 0.25) is 0 Å². The minimum absolute atomic E-state index is 0.161. The van der Waals surface area contributed by atoms with E-state index in [1.165, 1.54) is 12.1 Å². The lowest BCUT2D eigenvalue weighted by atomic mass is 10.2. The Bertz CT molecular complexity index is 1040. The summed E-state index contributed by atoms with van der Waals surface area (Å²) in [6, 6.07) is 23.6. The smallest absolute Gasteiger partial charge is 0.265 e. The molecule has 0 spiro atoms. The maximum atomic E-state index is 12.4. The fourth-order valence-electron chi connectivity index (χ4n) is 2.47. The van der Waals surface area contributed by atoms with Gasteiger partial charge in [0.15, 0.2) is 6.10 Å². The fraction of sp³-hybridized carbons (Fsp3) is 0.0952. The van der Waals surface area contributed by atoms with Crippen LogP contribution in [0.15, 0.2) is 89.8 Å². The molecule has 0 fully saturated rings. The van der Waals surface area contributed by atoms with E-state index in [1.807, 2.05) is 18.2 Å². The molecule has 0 aliphatic rings. The summed E-state index contributed by atoms with van der Waals surface area (Å²) >= 11 is 0. The molecule has 7 heteroatoms. The van der Waals surface area contributed by atoms with Crippen molar-refractivity contribution in [1.82, 2.24) is 0 Å². The molecule has 0 aromatic heterocycles. The third-order valence-electron chi connectivity index (χ3n) is 3.86. The average Bonchev–Trinajstić information content (AvgIpc) is 2.69. The monoisotopic (exact) mass is 396 g/mol. The quantitative estimate of drug-likeness (QED) is 0.634. The van der Waals surface area contributed by atoms with Crippen molar-refractivity contribution >= 4 is 27.3 Å². The van der Waals surface area contributed by atoms with Gasteiger partial charge in [0.1, 0.15) is 5.75 Å². The predicted molar refractivity (Wildman–Crippen MR) is 109 cm³/mol. The second kappa shape index (κ2) is 8.58. The topological polar surface area (TPSA) is 84.5 Å². The molecule has 0 aliphatic carbocycles. The second-order valence-electron chi connectivity index (χ2n) is 6.06. The summed E-state index contributed by atoms with van der Waals surface area (Å²) in [6.07, 6.45) is -0.716. The average molecular weight is 396 g/mol. The van der Waals surface area contributed by atoms with Crippen LogP contribution in [0.2, 0.25) is 0 Å². The summed E-state index contributed by atoms with van der Waals surface area (Å²) in [6.45, 7) is 1.64. The van der Waals surface area contributed by atoms with E-state index in [0.717, 1.165) is 0 Å². The van der Waals surface area contributed by atoms with Gasteiger partial charge in [-0.25, -0.2) is 8.42 Å². The first-order valence-corrected chi connectivity index (χ1v) is 10.1. The number of hydrogen-bond donors (Lipinski definition) is 2. The highest BCUT2D eigenvalue weighted by molar-refractivity contribution is 7.92. The summed E-state index contributed by atoms with van der Waals surface area (Å²) in [4.78, 5) is 12.5. The lowest BCUT2D eigenvalue weighted by Gasteiger charge is -2.15. The molecule has 0 saturated heterocycles.